The molecule has 0 aliphatic heterocycles. The van der Waals surface area contributed by atoms with Crippen LogP contribution in [-0.2, 0) is 13.8 Å². The fourth-order valence-corrected chi connectivity index (χ4v) is 2.14. The topological polar surface area (TPSA) is 116 Å². The molecule has 1 N–H and O–H groups in total. The Hall–Kier alpha value is -1.87. The van der Waals surface area contributed by atoms with E-state index < -0.39 is 30.5 Å². The Morgan fingerprint density at radius 3 is 2.42 bits per heavy atom. The molecule has 1 amide bonds. The normalized spacial score (nSPS) is 10.9. The summed E-state index contributed by atoms with van der Waals surface area (Å²) >= 11 is 0. The molecule has 19 heavy (non-hydrogen) atoms. The molecule has 1 rings (SSSR count). The maximum atomic E-state index is 11.2. The number of ether oxygens (including phenoxy) is 1. The molecule has 10 heteroatoms. The Morgan fingerprint density at radius 1 is 1.47 bits per heavy atom. The summed E-state index contributed by atoms with van der Waals surface area (Å²) in [7, 11) is 2.11. The predicted molar refractivity (Wildman–Crippen MR) is 67.0 cm³/mol. The lowest BCUT2D eigenvalue weighted by atomic mass is 10.2. The third kappa shape index (κ3) is 3.55. The van der Waals surface area contributed by atoms with Gasteiger partial charge in [0.1, 0.15) is 0 Å². The van der Waals surface area contributed by atoms with Crippen LogP contribution < -0.4 is 10.1 Å². The maximum absolute atomic E-state index is 11.2. The molecule has 0 radical (unpaired) electrons. The van der Waals surface area contributed by atoms with Crippen molar-refractivity contribution in [3.8, 4) is 5.75 Å². The summed E-state index contributed by atoms with van der Waals surface area (Å²) in [6.45, 7) is 1.16. The van der Waals surface area contributed by atoms with Gasteiger partial charge in [-0.2, -0.15) is 0 Å². The number of methoxy groups -OCH3 is 1. The number of carbonyl (C=O) groups excluding carboxylic acids is 1. The molecule has 0 aromatic heterocycles. The number of hydrogen-bond donors (Lipinski definition) is 1. The highest BCUT2D eigenvalue weighted by atomic mass is 35.7. The minimum absolute atomic E-state index is 0.150. The molecule has 0 saturated heterocycles. The van der Waals surface area contributed by atoms with Crippen molar-refractivity contribution in [2.45, 2.75) is 11.8 Å². The fraction of sp³-hybridized carbons (Fsp3) is 0.222. The van der Waals surface area contributed by atoms with E-state index in [1.165, 1.54) is 0 Å². The molecule has 0 aliphatic rings. The number of carbonyl (C=O) groups is 1. The van der Waals surface area contributed by atoms with E-state index >= 15 is 0 Å². The molecule has 8 nitrogen and oxygen atoms in total. The van der Waals surface area contributed by atoms with Crippen molar-refractivity contribution < 1.29 is 22.9 Å². The van der Waals surface area contributed by atoms with Crippen LogP contribution in [0.2, 0.25) is 0 Å². The van der Waals surface area contributed by atoms with Crippen LogP contribution in [0.3, 0.4) is 0 Å². The molecule has 104 valence electrons. The average molecular weight is 309 g/mol. The van der Waals surface area contributed by atoms with Crippen molar-refractivity contribution in [3.63, 3.8) is 0 Å². The largest absolute Gasteiger partial charge is 0.489 e. The summed E-state index contributed by atoms with van der Waals surface area (Å²) in [4.78, 5) is 20.5. The Morgan fingerprint density at radius 2 is 2.05 bits per heavy atom. The molecule has 0 saturated carbocycles. The zero-order valence-corrected chi connectivity index (χ0v) is 11.4. The number of anilines is 1. The molecule has 1 aromatic rings. The Labute approximate surface area is 112 Å². The first-order valence-corrected chi connectivity index (χ1v) is 7.06. The Balaban J connectivity index is 3.63. The summed E-state index contributed by atoms with van der Waals surface area (Å²) < 4.78 is 27.3. The summed E-state index contributed by atoms with van der Waals surface area (Å²) in [6, 6.07) is 1.74. The highest BCUT2D eigenvalue weighted by molar-refractivity contribution is 8.13. The van der Waals surface area contributed by atoms with Crippen LogP contribution in [-0.4, -0.2) is 26.4 Å². The van der Waals surface area contributed by atoms with Gasteiger partial charge in [0.05, 0.1) is 22.6 Å². The number of benzene rings is 1. The summed E-state index contributed by atoms with van der Waals surface area (Å²) in [5.41, 5.74) is -0.767. The van der Waals surface area contributed by atoms with Crippen LogP contribution >= 0.6 is 10.7 Å². The SMILES string of the molecule is COc1c(NC(C)=O)cc(S(=O)(=O)Cl)cc1[N+](=O)[O-]. The number of amides is 1. The van der Waals surface area contributed by atoms with E-state index in [9.17, 15) is 23.3 Å². The van der Waals surface area contributed by atoms with E-state index in [1.807, 2.05) is 0 Å². The minimum Gasteiger partial charge on any atom is -0.489 e. The van der Waals surface area contributed by atoms with Gasteiger partial charge in [-0.05, 0) is 6.07 Å². The third-order valence-corrected chi connectivity index (χ3v) is 3.37. The maximum Gasteiger partial charge on any atom is 0.314 e. The number of rotatable bonds is 4. The molecule has 0 atom stereocenters. The van der Waals surface area contributed by atoms with E-state index in [4.69, 9.17) is 15.4 Å². The second-order valence-electron chi connectivity index (χ2n) is 3.40. The Kier molecular flexibility index (Phi) is 4.32. The first kappa shape index (κ1) is 15.2. The number of nitro benzene ring substituents is 1. The average Bonchev–Trinajstić information content (AvgIpc) is 2.25. The number of halogens is 1. The highest BCUT2D eigenvalue weighted by Crippen LogP contribution is 2.38. The van der Waals surface area contributed by atoms with Crippen molar-refractivity contribution in [1.29, 1.82) is 0 Å². The van der Waals surface area contributed by atoms with E-state index in [0.29, 0.717) is 0 Å². The van der Waals surface area contributed by atoms with Crippen LogP contribution in [0.4, 0.5) is 11.4 Å². The van der Waals surface area contributed by atoms with E-state index in [1.54, 1.807) is 0 Å². The van der Waals surface area contributed by atoms with E-state index in [2.05, 4.69) is 5.32 Å². The van der Waals surface area contributed by atoms with Gasteiger partial charge in [0.2, 0.25) is 11.7 Å². The van der Waals surface area contributed by atoms with Gasteiger partial charge in [-0.25, -0.2) is 8.42 Å². The third-order valence-electron chi connectivity index (χ3n) is 2.04. The first-order chi connectivity index (χ1) is 8.66. The van der Waals surface area contributed by atoms with Crippen molar-refractivity contribution >= 4 is 37.0 Å². The zero-order valence-electron chi connectivity index (χ0n) is 9.84. The second-order valence-corrected chi connectivity index (χ2v) is 5.97. The van der Waals surface area contributed by atoms with Crippen molar-refractivity contribution in [2.75, 3.05) is 12.4 Å². The van der Waals surface area contributed by atoms with Crippen molar-refractivity contribution in [1.82, 2.24) is 0 Å². The van der Waals surface area contributed by atoms with Crippen LogP contribution in [0.5, 0.6) is 5.75 Å². The van der Waals surface area contributed by atoms with Gasteiger partial charge >= 0.3 is 5.69 Å². The lowest BCUT2D eigenvalue weighted by Gasteiger charge is -2.10. The standard InChI is InChI=1S/C9H9ClN2O6S/c1-5(13)11-7-3-6(19(10,16)17)4-8(12(14)15)9(7)18-2/h3-4H,1-2H3,(H,11,13). The first-order valence-electron chi connectivity index (χ1n) is 4.75. The molecule has 0 spiro atoms. The minimum atomic E-state index is -4.18. The molecule has 1 aromatic carbocycles. The van der Waals surface area contributed by atoms with Gasteiger partial charge in [0.15, 0.2) is 0 Å². The summed E-state index contributed by atoms with van der Waals surface area (Å²) in [6.07, 6.45) is 0. The van der Waals surface area contributed by atoms with Gasteiger partial charge in [0.25, 0.3) is 9.05 Å². The predicted octanol–water partition coefficient (Wildman–Crippen LogP) is 1.49. The monoisotopic (exact) mass is 308 g/mol. The second kappa shape index (κ2) is 5.41. The van der Waals surface area contributed by atoms with Gasteiger partial charge in [0, 0.05) is 23.7 Å². The fourth-order valence-electron chi connectivity index (χ4n) is 1.36. The van der Waals surface area contributed by atoms with Crippen molar-refractivity contribution in [3.05, 3.63) is 22.2 Å². The molecule has 0 bridgehead atoms. The van der Waals surface area contributed by atoms with Crippen LogP contribution in [0.15, 0.2) is 17.0 Å². The van der Waals surface area contributed by atoms with E-state index in [-0.39, 0.29) is 11.4 Å². The van der Waals surface area contributed by atoms with Crippen molar-refractivity contribution in [2.24, 2.45) is 0 Å². The van der Waals surface area contributed by atoms with E-state index in [0.717, 1.165) is 26.2 Å². The molecular weight excluding hydrogens is 300 g/mol. The Bertz CT molecular complexity index is 642. The molecular formula is C9H9ClN2O6S. The molecule has 0 fully saturated rings. The van der Waals surface area contributed by atoms with Gasteiger partial charge < -0.3 is 10.1 Å². The van der Waals surface area contributed by atoms with Gasteiger partial charge in [-0.15, -0.1) is 0 Å². The number of nitro groups is 1. The van der Waals surface area contributed by atoms with Gasteiger partial charge in [-0.3, -0.25) is 14.9 Å². The summed E-state index contributed by atoms with van der Waals surface area (Å²) in [5, 5.41) is 13.1. The van der Waals surface area contributed by atoms with Crippen LogP contribution in [0.25, 0.3) is 0 Å². The van der Waals surface area contributed by atoms with Crippen LogP contribution in [0.1, 0.15) is 6.92 Å². The molecule has 0 aliphatic carbocycles. The summed E-state index contributed by atoms with van der Waals surface area (Å²) in [5.74, 6) is -0.805. The quantitative estimate of drug-likeness (QED) is 0.512. The lowest BCUT2D eigenvalue weighted by molar-refractivity contribution is -0.385. The lowest BCUT2D eigenvalue weighted by Crippen LogP contribution is -2.09. The molecule has 0 unspecified atom stereocenters. The smallest absolute Gasteiger partial charge is 0.314 e. The highest BCUT2D eigenvalue weighted by Gasteiger charge is 2.25. The van der Waals surface area contributed by atoms with Crippen LogP contribution in [0, 0.1) is 10.1 Å². The number of nitrogens with one attached hydrogen (secondary N) is 1. The molecule has 0 heterocycles. The number of nitrogens with zero attached hydrogens (tertiary/aromatic N) is 1. The number of hydrogen-bond acceptors (Lipinski definition) is 6. The van der Waals surface area contributed by atoms with Gasteiger partial charge in [-0.1, -0.05) is 0 Å². The zero-order chi connectivity index (χ0) is 14.8.